The number of ether oxygens (including phenoxy) is 1. The molecule has 2 amide bonds. The van der Waals surface area contributed by atoms with Crippen LogP contribution in [0, 0.1) is 17.7 Å². The van der Waals surface area contributed by atoms with Crippen LogP contribution in [0.3, 0.4) is 0 Å². The largest absolute Gasteiger partial charge is 0.360 e. The maximum absolute atomic E-state index is 14.0. The number of fused-ring (bicyclic) bond motifs is 1. The van der Waals surface area contributed by atoms with Crippen LogP contribution in [0.1, 0.15) is 11.1 Å². The van der Waals surface area contributed by atoms with E-state index in [4.69, 9.17) is 4.74 Å². The Hall–Kier alpha value is -2.99. The second kappa shape index (κ2) is 7.06. The van der Waals surface area contributed by atoms with Gasteiger partial charge in [-0.15, -0.1) is 0 Å². The van der Waals surface area contributed by atoms with Crippen molar-refractivity contribution in [3.8, 4) is 0 Å². The number of halogens is 1. The molecule has 0 aliphatic carbocycles. The highest BCUT2D eigenvalue weighted by Gasteiger charge is 2.67. The molecule has 4 unspecified atom stereocenters. The molecule has 3 heterocycles. The van der Waals surface area contributed by atoms with Crippen molar-refractivity contribution >= 4 is 11.8 Å². The summed E-state index contributed by atoms with van der Waals surface area (Å²) in [5, 5.41) is 0. The summed E-state index contributed by atoms with van der Waals surface area (Å²) in [6.07, 6.45) is 3.44. The highest BCUT2D eigenvalue weighted by molar-refractivity contribution is 5.93. The third-order valence-electron chi connectivity index (χ3n) is 6.42. The fourth-order valence-corrected chi connectivity index (χ4v) is 5.01. The molecule has 30 heavy (non-hydrogen) atoms. The molecule has 2 fully saturated rings. The van der Waals surface area contributed by atoms with Crippen molar-refractivity contribution in [2.75, 3.05) is 13.6 Å². The molecule has 0 saturated carbocycles. The summed E-state index contributed by atoms with van der Waals surface area (Å²) in [5.74, 6) is -1.70. The SMILES string of the molecule is CN(Cc1ccccc1F)C(=O)C1C2C=CC3(CN(Cc4ccccc4)C(=O)C13)O2. The molecule has 3 aliphatic heterocycles. The first-order valence-corrected chi connectivity index (χ1v) is 10.2. The van der Waals surface area contributed by atoms with Crippen molar-refractivity contribution in [1.82, 2.24) is 9.80 Å². The minimum Gasteiger partial charge on any atom is -0.360 e. The Balaban J connectivity index is 1.37. The van der Waals surface area contributed by atoms with Gasteiger partial charge in [-0.2, -0.15) is 0 Å². The van der Waals surface area contributed by atoms with Gasteiger partial charge in [0.2, 0.25) is 11.8 Å². The third-order valence-corrected chi connectivity index (χ3v) is 6.42. The van der Waals surface area contributed by atoms with Gasteiger partial charge in [0.25, 0.3) is 0 Å². The van der Waals surface area contributed by atoms with Gasteiger partial charge in [-0.05, 0) is 11.6 Å². The summed E-state index contributed by atoms with van der Waals surface area (Å²) < 4.78 is 20.2. The highest BCUT2D eigenvalue weighted by Crippen LogP contribution is 2.52. The summed E-state index contributed by atoms with van der Waals surface area (Å²) in [5.41, 5.74) is 0.752. The van der Waals surface area contributed by atoms with Gasteiger partial charge in [-0.25, -0.2) is 4.39 Å². The molecule has 0 aromatic heterocycles. The Morgan fingerprint density at radius 2 is 1.93 bits per heavy atom. The molecule has 2 aromatic carbocycles. The molecule has 2 bridgehead atoms. The van der Waals surface area contributed by atoms with Crippen molar-refractivity contribution in [3.63, 3.8) is 0 Å². The van der Waals surface area contributed by atoms with Crippen LogP contribution in [0.25, 0.3) is 0 Å². The van der Waals surface area contributed by atoms with E-state index in [1.807, 2.05) is 42.5 Å². The lowest BCUT2D eigenvalue weighted by Crippen LogP contribution is -2.44. The van der Waals surface area contributed by atoms with Crippen LogP contribution < -0.4 is 0 Å². The smallest absolute Gasteiger partial charge is 0.230 e. The van der Waals surface area contributed by atoms with Crippen molar-refractivity contribution in [1.29, 1.82) is 0 Å². The number of hydrogen-bond donors (Lipinski definition) is 0. The van der Waals surface area contributed by atoms with Gasteiger partial charge in [0.15, 0.2) is 0 Å². The molecular weight excluding hydrogens is 383 g/mol. The molecule has 4 atom stereocenters. The lowest BCUT2D eigenvalue weighted by molar-refractivity contribution is -0.142. The standard InChI is InChI=1S/C24H23FN2O3/c1-26(14-17-9-5-6-10-18(17)25)22(28)20-19-11-12-24(30-19)15-27(23(29)21(20)24)13-16-7-3-2-4-8-16/h2-12,19-21H,13-15H2,1H3. The van der Waals surface area contributed by atoms with Gasteiger partial charge >= 0.3 is 0 Å². The van der Waals surface area contributed by atoms with E-state index < -0.39 is 23.5 Å². The molecule has 3 aliphatic rings. The maximum atomic E-state index is 14.0. The predicted molar refractivity (Wildman–Crippen MR) is 108 cm³/mol. The Morgan fingerprint density at radius 1 is 1.20 bits per heavy atom. The second-order valence-electron chi connectivity index (χ2n) is 8.37. The Labute approximate surface area is 174 Å². The molecule has 5 nitrogen and oxygen atoms in total. The predicted octanol–water partition coefficient (Wildman–Crippen LogP) is 2.77. The molecule has 2 aromatic rings. The lowest BCUT2D eigenvalue weighted by Gasteiger charge is -2.28. The molecule has 6 heteroatoms. The zero-order valence-electron chi connectivity index (χ0n) is 16.7. The summed E-state index contributed by atoms with van der Waals surface area (Å²) in [7, 11) is 1.65. The second-order valence-corrected chi connectivity index (χ2v) is 8.37. The number of hydrogen-bond acceptors (Lipinski definition) is 3. The highest BCUT2D eigenvalue weighted by atomic mass is 19.1. The number of likely N-dealkylation sites (tertiary alicyclic amines) is 1. The first kappa shape index (κ1) is 19.0. The van der Waals surface area contributed by atoms with Gasteiger partial charge in [-0.3, -0.25) is 9.59 Å². The first-order valence-electron chi connectivity index (χ1n) is 10.2. The average Bonchev–Trinajstić information content (AvgIpc) is 3.38. The fourth-order valence-electron chi connectivity index (χ4n) is 5.01. The van der Waals surface area contributed by atoms with Crippen LogP contribution in [-0.2, 0) is 27.4 Å². The third kappa shape index (κ3) is 2.94. The van der Waals surface area contributed by atoms with Crippen molar-refractivity contribution in [2.24, 2.45) is 11.8 Å². The zero-order chi connectivity index (χ0) is 20.9. The zero-order valence-corrected chi connectivity index (χ0v) is 16.7. The Kier molecular flexibility index (Phi) is 4.47. The minimum absolute atomic E-state index is 0.0525. The number of rotatable bonds is 5. The fraction of sp³-hybridized carbons (Fsp3) is 0.333. The molecule has 0 N–H and O–H groups in total. The molecule has 154 valence electrons. The van der Waals surface area contributed by atoms with Crippen LogP contribution in [0.4, 0.5) is 4.39 Å². The molecular formula is C24H23FN2O3. The van der Waals surface area contributed by atoms with Crippen LogP contribution in [-0.4, -0.2) is 46.9 Å². The van der Waals surface area contributed by atoms with E-state index in [0.717, 1.165) is 5.56 Å². The van der Waals surface area contributed by atoms with Crippen LogP contribution in [0.5, 0.6) is 0 Å². The topological polar surface area (TPSA) is 49.9 Å². The normalized spacial score (nSPS) is 28.8. The van der Waals surface area contributed by atoms with Crippen LogP contribution in [0.2, 0.25) is 0 Å². The van der Waals surface area contributed by atoms with E-state index in [0.29, 0.717) is 18.7 Å². The number of carbonyl (C=O) groups is 2. The number of benzene rings is 2. The van der Waals surface area contributed by atoms with Crippen LogP contribution >= 0.6 is 0 Å². The Bertz CT molecular complexity index is 1020. The van der Waals surface area contributed by atoms with Gasteiger partial charge in [0.05, 0.1) is 24.5 Å². The van der Waals surface area contributed by atoms with Gasteiger partial charge in [0.1, 0.15) is 11.4 Å². The van der Waals surface area contributed by atoms with Gasteiger partial charge in [0, 0.05) is 25.7 Å². The Morgan fingerprint density at radius 3 is 2.70 bits per heavy atom. The minimum atomic E-state index is -0.740. The summed E-state index contributed by atoms with van der Waals surface area (Å²) >= 11 is 0. The monoisotopic (exact) mass is 406 g/mol. The summed E-state index contributed by atoms with van der Waals surface area (Å²) in [6.45, 7) is 1.09. The molecule has 5 rings (SSSR count). The van der Waals surface area contributed by atoms with Gasteiger partial charge in [-0.1, -0.05) is 60.7 Å². The summed E-state index contributed by atoms with van der Waals surface area (Å²) in [4.78, 5) is 29.9. The van der Waals surface area contributed by atoms with E-state index in [9.17, 15) is 14.0 Å². The number of amides is 2. The number of nitrogens with zero attached hydrogens (tertiary/aromatic N) is 2. The van der Waals surface area contributed by atoms with E-state index in [1.54, 1.807) is 30.1 Å². The maximum Gasteiger partial charge on any atom is 0.230 e. The van der Waals surface area contributed by atoms with Gasteiger partial charge < -0.3 is 14.5 Å². The molecule has 2 saturated heterocycles. The summed E-state index contributed by atoms with van der Waals surface area (Å²) in [6, 6.07) is 16.2. The van der Waals surface area contributed by atoms with E-state index in [2.05, 4.69) is 0 Å². The van der Waals surface area contributed by atoms with Crippen molar-refractivity contribution < 1.29 is 18.7 Å². The van der Waals surface area contributed by atoms with E-state index in [-0.39, 0.29) is 24.2 Å². The molecule has 0 radical (unpaired) electrons. The van der Waals surface area contributed by atoms with Crippen molar-refractivity contribution in [3.05, 3.63) is 83.7 Å². The average molecular weight is 406 g/mol. The quantitative estimate of drug-likeness (QED) is 0.718. The number of carbonyl (C=O) groups excluding carboxylic acids is 2. The van der Waals surface area contributed by atoms with E-state index in [1.165, 1.54) is 11.0 Å². The van der Waals surface area contributed by atoms with Crippen LogP contribution in [0.15, 0.2) is 66.7 Å². The van der Waals surface area contributed by atoms with E-state index >= 15 is 0 Å². The lowest BCUT2D eigenvalue weighted by atomic mass is 9.76. The first-order chi connectivity index (χ1) is 14.5. The van der Waals surface area contributed by atoms with Crippen molar-refractivity contribution in [2.45, 2.75) is 24.8 Å². The molecule has 1 spiro atoms.